The molecular weight excluding hydrogens is 366 g/mol. The van der Waals surface area contributed by atoms with Crippen molar-refractivity contribution in [3.63, 3.8) is 0 Å². The molecule has 2 aromatic carbocycles. The molecule has 0 saturated carbocycles. The molecule has 2 rings (SSSR count). The van der Waals surface area contributed by atoms with Gasteiger partial charge >= 0.3 is 0 Å². The molecule has 0 unspecified atom stereocenters. The van der Waals surface area contributed by atoms with Crippen molar-refractivity contribution in [3.05, 3.63) is 59.7 Å². The van der Waals surface area contributed by atoms with Crippen molar-refractivity contribution in [1.29, 1.82) is 0 Å². The van der Waals surface area contributed by atoms with E-state index in [0.29, 0.717) is 23.4 Å². The zero-order valence-electron chi connectivity index (χ0n) is 14.7. The number of hydrogen-bond donors (Lipinski definition) is 3. The summed E-state index contributed by atoms with van der Waals surface area (Å²) in [4.78, 5) is 24.0. The largest absolute Gasteiger partial charge is 0.352 e. The van der Waals surface area contributed by atoms with Crippen LogP contribution in [0.2, 0.25) is 0 Å². The Labute approximate surface area is 158 Å². The van der Waals surface area contributed by atoms with E-state index in [9.17, 15) is 18.0 Å². The van der Waals surface area contributed by atoms with E-state index in [2.05, 4.69) is 21.3 Å². The summed E-state index contributed by atoms with van der Waals surface area (Å²) >= 11 is 0. The molecule has 0 atom stereocenters. The minimum atomic E-state index is -3.70. The van der Waals surface area contributed by atoms with Crippen molar-refractivity contribution in [2.24, 2.45) is 0 Å². The summed E-state index contributed by atoms with van der Waals surface area (Å²) < 4.78 is 26.2. The van der Waals surface area contributed by atoms with Crippen LogP contribution in [0.4, 0.5) is 5.69 Å². The third-order valence-corrected chi connectivity index (χ3v) is 4.95. The summed E-state index contributed by atoms with van der Waals surface area (Å²) in [5, 5.41) is 5.37. The highest BCUT2D eigenvalue weighted by molar-refractivity contribution is 7.89. The monoisotopic (exact) mass is 385 g/mol. The Bertz CT molecular complexity index is 960. The lowest BCUT2D eigenvalue weighted by Gasteiger charge is -2.08. The fraction of sp³-hybridized carbons (Fsp3) is 0.158. The van der Waals surface area contributed by atoms with Crippen LogP contribution in [0, 0.1) is 12.3 Å². The molecule has 27 heavy (non-hydrogen) atoms. The predicted molar refractivity (Wildman–Crippen MR) is 103 cm³/mol. The number of nitrogens with one attached hydrogen (secondary N) is 3. The molecule has 0 spiro atoms. The number of terminal acetylenes is 1. The Hall–Kier alpha value is -3.15. The maximum atomic E-state index is 12.3. The Morgan fingerprint density at radius 1 is 0.963 bits per heavy atom. The zero-order chi connectivity index (χ0) is 19.9. The molecule has 0 heterocycles. The molecule has 2 amide bonds. The molecule has 0 aliphatic rings. The smallest absolute Gasteiger partial charge is 0.255 e. The van der Waals surface area contributed by atoms with Crippen LogP contribution >= 0.6 is 0 Å². The standard InChI is InChI=1S/C19H19N3O4S/c1-3-13-21-27(25,26)17-11-7-15(8-12-17)19(24)22-16-9-5-14(6-10-16)18(23)20-4-2/h1,5-12,21H,4,13H2,2H3,(H,20,23)(H,22,24). The van der Waals surface area contributed by atoms with Gasteiger partial charge in [0.1, 0.15) is 0 Å². The zero-order valence-corrected chi connectivity index (χ0v) is 15.5. The maximum Gasteiger partial charge on any atom is 0.255 e. The van der Waals surface area contributed by atoms with E-state index in [0.717, 1.165) is 0 Å². The summed E-state index contributed by atoms with van der Waals surface area (Å²) in [7, 11) is -3.70. The van der Waals surface area contributed by atoms with E-state index in [1.54, 1.807) is 24.3 Å². The Kier molecular flexibility index (Phi) is 6.71. The number of benzene rings is 2. The van der Waals surface area contributed by atoms with Crippen LogP contribution < -0.4 is 15.4 Å². The molecule has 0 saturated heterocycles. The third-order valence-electron chi connectivity index (χ3n) is 3.53. The third kappa shape index (κ3) is 5.41. The van der Waals surface area contributed by atoms with Crippen molar-refractivity contribution in [1.82, 2.24) is 10.0 Å². The molecule has 7 nitrogen and oxygen atoms in total. The second kappa shape index (κ2) is 8.98. The molecule has 8 heteroatoms. The Morgan fingerprint density at radius 3 is 2.07 bits per heavy atom. The molecule has 0 radical (unpaired) electrons. The van der Waals surface area contributed by atoms with E-state index in [-0.39, 0.29) is 17.3 Å². The van der Waals surface area contributed by atoms with Crippen LogP contribution in [0.3, 0.4) is 0 Å². The van der Waals surface area contributed by atoms with Crippen molar-refractivity contribution < 1.29 is 18.0 Å². The van der Waals surface area contributed by atoms with Crippen LogP contribution in [-0.2, 0) is 10.0 Å². The molecular formula is C19H19N3O4S. The molecule has 3 N–H and O–H groups in total. The number of carbonyl (C=O) groups is 2. The van der Waals surface area contributed by atoms with Gasteiger partial charge in [0, 0.05) is 23.4 Å². The van der Waals surface area contributed by atoms with Crippen LogP contribution in [0.5, 0.6) is 0 Å². The number of carbonyl (C=O) groups excluding carboxylic acids is 2. The van der Waals surface area contributed by atoms with Crippen molar-refractivity contribution in [3.8, 4) is 12.3 Å². The van der Waals surface area contributed by atoms with E-state index < -0.39 is 15.9 Å². The fourth-order valence-electron chi connectivity index (χ4n) is 2.18. The number of anilines is 1. The SMILES string of the molecule is C#CCNS(=O)(=O)c1ccc(C(=O)Nc2ccc(C(=O)NCC)cc2)cc1. The summed E-state index contributed by atoms with van der Waals surface area (Å²) in [6, 6.07) is 11.9. The van der Waals surface area contributed by atoms with Gasteiger partial charge in [-0.25, -0.2) is 8.42 Å². The van der Waals surface area contributed by atoms with E-state index in [1.165, 1.54) is 24.3 Å². The van der Waals surface area contributed by atoms with Gasteiger partial charge in [-0.2, -0.15) is 4.72 Å². The topological polar surface area (TPSA) is 104 Å². The summed E-state index contributed by atoms with van der Waals surface area (Å²) in [6.45, 7) is 2.24. The first kappa shape index (κ1) is 20.2. The predicted octanol–water partition coefficient (Wildman–Crippen LogP) is 1.60. The number of amides is 2. The van der Waals surface area contributed by atoms with Gasteiger partial charge in [0.2, 0.25) is 10.0 Å². The second-order valence-electron chi connectivity index (χ2n) is 5.44. The minimum absolute atomic E-state index is 0.0144. The average molecular weight is 385 g/mol. The second-order valence-corrected chi connectivity index (χ2v) is 7.21. The van der Waals surface area contributed by atoms with Gasteiger partial charge in [0.05, 0.1) is 11.4 Å². The summed E-state index contributed by atoms with van der Waals surface area (Å²) in [5.41, 5.74) is 1.29. The minimum Gasteiger partial charge on any atom is -0.352 e. The van der Waals surface area contributed by atoms with Gasteiger partial charge in [-0.1, -0.05) is 5.92 Å². The lowest BCUT2D eigenvalue weighted by molar-refractivity contribution is 0.0955. The van der Waals surface area contributed by atoms with E-state index in [1.807, 2.05) is 6.92 Å². The highest BCUT2D eigenvalue weighted by atomic mass is 32.2. The van der Waals surface area contributed by atoms with Crippen molar-refractivity contribution in [2.45, 2.75) is 11.8 Å². The number of rotatable bonds is 7. The lowest BCUT2D eigenvalue weighted by atomic mass is 10.1. The van der Waals surface area contributed by atoms with E-state index in [4.69, 9.17) is 6.42 Å². The first-order valence-corrected chi connectivity index (χ1v) is 9.58. The first-order chi connectivity index (χ1) is 12.9. The maximum absolute atomic E-state index is 12.3. The van der Waals surface area contributed by atoms with Crippen molar-refractivity contribution in [2.75, 3.05) is 18.4 Å². The fourth-order valence-corrected chi connectivity index (χ4v) is 3.11. The molecule has 0 aromatic heterocycles. The quantitative estimate of drug-likeness (QED) is 0.630. The highest BCUT2D eigenvalue weighted by Gasteiger charge is 2.14. The molecule has 0 aliphatic carbocycles. The van der Waals surface area contributed by atoms with Crippen LogP contribution in [0.1, 0.15) is 27.6 Å². The van der Waals surface area contributed by atoms with E-state index >= 15 is 0 Å². The normalized spacial score (nSPS) is 10.7. The molecule has 0 aliphatic heterocycles. The van der Waals surface area contributed by atoms with Crippen LogP contribution in [0.25, 0.3) is 0 Å². The number of sulfonamides is 1. The molecule has 2 aromatic rings. The van der Waals surface area contributed by atoms with Crippen LogP contribution in [0.15, 0.2) is 53.4 Å². The van der Waals surface area contributed by atoms with Gasteiger partial charge in [0.15, 0.2) is 0 Å². The number of hydrogen-bond acceptors (Lipinski definition) is 4. The van der Waals surface area contributed by atoms with Gasteiger partial charge in [0.25, 0.3) is 11.8 Å². The average Bonchev–Trinajstić information content (AvgIpc) is 2.67. The Morgan fingerprint density at radius 2 is 1.52 bits per heavy atom. The molecule has 0 fully saturated rings. The Balaban J connectivity index is 2.06. The highest BCUT2D eigenvalue weighted by Crippen LogP contribution is 2.14. The van der Waals surface area contributed by atoms with Gasteiger partial charge < -0.3 is 10.6 Å². The van der Waals surface area contributed by atoms with Crippen molar-refractivity contribution >= 4 is 27.5 Å². The van der Waals surface area contributed by atoms with Gasteiger partial charge in [-0.05, 0) is 55.5 Å². The summed E-state index contributed by atoms with van der Waals surface area (Å²) in [6.07, 6.45) is 5.04. The summed E-state index contributed by atoms with van der Waals surface area (Å²) in [5.74, 6) is 1.60. The lowest BCUT2D eigenvalue weighted by Crippen LogP contribution is -2.24. The first-order valence-electron chi connectivity index (χ1n) is 8.10. The molecule has 0 bridgehead atoms. The molecule has 140 valence electrons. The van der Waals surface area contributed by atoms with Gasteiger partial charge in [-0.15, -0.1) is 6.42 Å². The van der Waals surface area contributed by atoms with Crippen LogP contribution in [-0.4, -0.2) is 33.3 Å². The van der Waals surface area contributed by atoms with Gasteiger partial charge in [-0.3, -0.25) is 9.59 Å².